The molecule has 0 atom stereocenters. The monoisotopic (exact) mass is 247 g/mol. The second-order valence-corrected chi connectivity index (χ2v) is 5.67. The van der Waals surface area contributed by atoms with Gasteiger partial charge in [0.25, 0.3) is 0 Å². The Morgan fingerprint density at radius 2 is 1.78 bits per heavy atom. The largest absolute Gasteiger partial charge is 0.348 e. The van der Waals surface area contributed by atoms with Crippen LogP contribution < -0.4 is 5.32 Å². The molecule has 0 saturated carbocycles. The van der Waals surface area contributed by atoms with Crippen LogP contribution >= 0.6 is 0 Å². The van der Waals surface area contributed by atoms with Crippen LogP contribution in [0.2, 0.25) is 0 Å². The minimum Gasteiger partial charge on any atom is -0.348 e. The van der Waals surface area contributed by atoms with Gasteiger partial charge in [0.05, 0.1) is 6.54 Å². The minimum absolute atomic E-state index is 0.0474. The van der Waals surface area contributed by atoms with Gasteiger partial charge >= 0.3 is 0 Å². The van der Waals surface area contributed by atoms with E-state index in [1.807, 2.05) is 52.8 Å². The maximum absolute atomic E-state index is 12.0. The van der Waals surface area contributed by atoms with Gasteiger partial charge in [-0.1, -0.05) is 38.5 Å². The number of carbonyl (C=O) groups is 2. The Bertz CT molecular complexity index is 470. The van der Waals surface area contributed by atoms with Gasteiger partial charge in [0.15, 0.2) is 5.78 Å². The summed E-state index contributed by atoms with van der Waals surface area (Å²) in [6.07, 6.45) is 0. The van der Waals surface area contributed by atoms with E-state index in [2.05, 4.69) is 5.32 Å². The van der Waals surface area contributed by atoms with Crippen LogP contribution in [0.15, 0.2) is 18.2 Å². The van der Waals surface area contributed by atoms with Gasteiger partial charge in [0, 0.05) is 11.0 Å². The summed E-state index contributed by atoms with van der Waals surface area (Å²) in [5.41, 5.74) is 2.20. The van der Waals surface area contributed by atoms with E-state index in [9.17, 15) is 9.59 Å². The van der Waals surface area contributed by atoms with Gasteiger partial charge in [-0.3, -0.25) is 9.59 Å². The number of aryl methyl sites for hydroxylation is 2. The van der Waals surface area contributed by atoms with Crippen LogP contribution in [-0.2, 0) is 4.79 Å². The molecule has 0 spiro atoms. The Labute approximate surface area is 109 Å². The van der Waals surface area contributed by atoms with Crippen molar-refractivity contribution >= 4 is 11.7 Å². The van der Waals surface area contributed by atoms with Gasteiger partial charge < -0.3 is 5.32 Å². The first-order chi connectivity index (χ1) is 8.21. The summed E-state index contributed by atoms with van der Waals surface area (Å²) in [6, 6.07) is 5.76. The predicted molar refractivity (Wildman–Crippen MR) is 72.7 cm³/mol. The first-order valence-electron chi connectivity index (χ1n) is 6.10. The number of nitrogens with one attached hydrogen (secondary N) is 1. The molecular formula is C15H21NO2. The van der Waals surface area contributed by atoms with E-state index in [0.29, 0.717) is 5.56 Å². The maximum atomic E-state index is 12.0. The molecular weight excluding hydrogens is 226 g/mol. The molecule has 0 aliphatic heterocycles. The highest BCUT2D eigenvalue weighted by atomic mass is 16.2. The number of amides is 1. The number of hydrogen-bond acceptors (Lipinski definition) is 2. The summed E-state index contributed by atoms with van der Waals surface area (Å²) in [5.74, 6) is -0.157. The van der Waals surface area contributed by atoms with E-state index in [1.165, 1.54) is 0 Å². The molecule has 0 saturated heterocycles. The van der Waals surface area contributed by atoms with Gasteiger partial charge in [-0.15, -0.1) is 0 Å². The van der Waals surface area contributed by atoms with Crippen molar-refractivity contribution in [2.24, 2.45) is 5.41 Å². The minimum atomic E-state index is -0.470. The first kappa shape index (κ1) is 14.4. The van der Waals surface area contributed by atoms with Gasteiger partial charge in [-0.25, -0.2) is 0 Å². The van der Waals surface area contributed by atoms with E-state index in [4.69, 9.17) is 0 Å². The van der Waals surface area contributed by atoms with Crippen LogP contribution in [0.1, 0.15) is 42.3 Å². The molecule has 0 heterocycles. The molecule has 18 heavy (non-hydrogen) atoms. The summed E-state index contributed by atoms with van der Waals surface area (Å²) in [5, 5.41) is 2.68. The van der Waals surface area contributed by atoms with Crippen LogP contribution in [0, 0.1) is 19.3 Å². The van der Waals surface area contributed by atoms with Crippen molar-refractivity contribution in [3.05, 3.63) is 34.9 Å². The van der Waals surface area contributed by atoms with Crippen molar-refractivity contribution in [2.75, 3.05) is 6.54 Å². The number of hydrogen-bond donors (Lipinski definition) is 1. The summed E-state index contributed by atoms with van der Waals surface area (Å²) in [6.45, 7) is 9.38. The normalized spacial score (nSPS) is 11.2. The lowest BCUT2D eigenvalue weighted by Crippen LogP contribution is -2.38. The molecule has 0 aromatic heterocycles. The second-order valence-electron chi connectivity index (χ2n) is 5.67. The molecule has 0 aliphatic rings. The summed E-state index contributed by atoms with van der Waals surface area (Å²) in [4.78, 5) is 23.7. The molecule has 0 bridgehead atoms. The number of benzene rings is 1. The molecule has 1 rings (SSSR count). The summed E-state index contributed by atoms with van der Waals surface area (Å²) >= 11 is 0. The zero-order valence-corrected chi connectivity index (χ0v) is 11.8. The zero-order chi connectivity index (χ0) is 13.9. The smallest absolute Gasteiger partial charge is 0.225 e. The van der Waals surface area contributed by atoms with Crippen LogP contribution in [0.5, 0.6) is 0 Å². The molecule has 1 aromatic carbocycles. The van der Waals surface area contributed by atoms with Crippen molar-refractivity contribution < 1.29 is 9.59 Å². The van der Waals surface area contributed by atoms with Gasteiger partial charge in [0.2, 0.25) is 5.91 Å². The summed E-state index contributed by atoms with van der Waals surface area (Å²) in [7, 11) is 0. The highest BCUT2D eigenvalue weighted by Crippen LogP contribution is 2.13. The Morgan fingerprint density at radius 3 is 2.33 bits per heavy atom. The number of carbonyl (C=O) groups excluding carboxylic acids is 2. The average molecular weight is 247 g/mol. The topological polar surface area (TPSA) is 46.2 Å². The lowest BCUT2D eigenvalue weighted by atomic mass is 9.95. The second kappa shape index (κ2) is 5.34. The predicted octanol–water partition coefficient (Wildman–Crippen LogP) is 2.65. The van der Waals surface area contributed by atoms with Crippen molar-refractivity contribution in [2.45, 2.75) is 34.6 Å². The third-order valence-electron chi connectivity index (χ3n) is 2.78. The molecule has 3 nitrogen and oxygen atoms in total. The molecule has 0 unspecified atom stereocenters. The van der Waals surface area contributed by atoms with Crippen LogP contribution in [-0.4, -0.2) is 18.2 Å². The van der Waals surface area contributed by atoms with Crippen molar-refractivity contribution in [3.63, 3.8) is 0 Å². The quantitative estimate of drug-likeness (QED) is 0.835. The van der Waals surface area contributed by atoms with Crippen LogP contribution in [0.3, 0.4) is 0 Å². The molecule has 0 radical (unpaired) electrons. The van der Waals surface area contributed by atoms with E-state index < -0.39 is 5.41 Å². The number of Topliss-reactive ketones (excluding diaryl/α,β-unsaturated/α-hetero) is 1. The molecule has 0 aliphatic carbocycles. The highest BCUT2D eigenvalue weighted by molar-refractivity contribution is 6.01. The lowest BCUT2D eigenvalue weighted by Gasteiger charge is -2.17. The van der Waals surface area contributed by atoms with Crippen molar-refractivity contribution in [1.29, 1.82) is 0 Å². The fourth-order valence-electron chi connectivity index (χ4n) is 1.56. The van der Waals surface area contributed by atoms with Crippen molar-refractivity contribution in [3.8, 4) is 0 Å². The van der Waals surface area contributed by atoms with Gasteiger partial charge in [-0.2, -0.15) is 0 Å². The zero-order valence-electron chi connectivity index (χ0n) is 11.8. The fourth-order valence-corrected chi connectivity index (χ4v) is 1.56. The van der Waals surface area contributed by atoms with Gasteiger partial charge in [-0.05, 0) is 25.5 Å². The van der Waals surface area contributed by atoms with Crippen LogP contribution in [0.25, 0.3) is 0 Å². The standard InChI is InChI=1S/C15H21NO2/c1-10-6-7-11(2)12(8-10)13(17)9-16-14(18)15(3,4)5/h6-8H,9H2,1-5H3,(H,16,18). The Balaban J connectivity index is 2.72. The first-order valence-corrected chi connectivity index (χ1v) is 6.10. The third-order valence-corrected chi connectivity index (χ3v) is 2.78. The van der Waals surface area contributed by atoms with Gasteiger partial charge in [0.1, 0.15) is 0 Å². The third kappa shape index (κ3) is 3.69. The number of ketones is 1. The fraction of sp³-hybridized carbons (Fsp3) is 0.467. The van der Waals surface area contributed by atoms with E-state index in [0.717, 1.165) is 11.1 Å². The maximum Gasteiger partial charge on any atom is 0.225 e. The molecule has 1 N–H and O–H groups in total. The van der Waals surface area contributed by atoms with E-state index >= 15 is 0 Å². The molecule has 0 fully saturated rings. The van der Waals surface area contributed by atoms with Crippen molar-refractivity contribution in [1.82, 2.24) is 5.32 Å². The Kier molecular flexibility index (Phi) is 4.28. The molecule has 3 heteroatoms. The molecule has 1 amide bonds. The lowest BCUT2D eigenvalue weighted by molar-refractivity contribution is -0.128. The summed E-state index contributed by atoms with van der Waals surface area (Å²) < 4.78 is 0. The highest BCUT2D eigenvalue weighted by Gasteiger charge is 2.21. The SMILES string of the molecule is Cc1ccc(C)c(C(=O)CNC(=O)C(C)(C)C)c1. The molecule has 1 aromatic rings. The average Bonchev–Trinajstić information content (AvgIpc) is 2.27. The van der Waals surface area contributed by atoms with Crippen LogP contribution in [0.4, 0.5) is 0 Å². The Hall–Kier alpha value is -1.64. The van der Waals surface area contributed by atoms with E-state index in [-0.39, 0.29) is 18.2 Å². The number of rotatable bonds is 3. The molecule has 98 valence electrons. The Morgan fingerprint density at radius 1 is 1.17 bits per heavy atom. The van der Waals surface area contributed by atoms with E-state index in [1.54, 1.807) is 0 Å².